The van der Waals surface area contributed by atoms with Gasteiger partial charge in [0.25, 0.3) is 0 Å². The average molecular weight is 287 g/mol. The Morgan fingerprint density at radius 3 is 2.62 bits per heavy atom. The minimum atomic E-state index is 0.0636. The first kappa shape index (κ1) is 15.5. The summed E-state index contributed by atoms with van der Waals surface area (Å²) in [5.74, 6) is 1.38. The van der Waals surface area contributed by atoms with Gasteiger partial charge in [0.2, 0.25) is 0 Å². The molecule has 4 heteroatoms. The zero-order valence-electron chi connectivity index (χ0n) is 13.6. The highest BCUT2D eigenvalue weighted by molar-refractivity contribution is 5.42. The van der Waals surface area contributed by atoms with Crippen LogP contribution in [0.25, 0.3) is 0 Å². The maximum atomic E-state index is 5.78. The first-order valence-corrected chi connectivity index (χ1v) is 7.53. The Hall–Kier alpha value is -1.84. The topological polar surface area (TPSA) is 50.8 Å². The summed E-state index contributed by atoms with van der Waals surface area (Å²) in [6.45, 7) is 11.6. The van der Waals surface area contributed by atoms with E-state index in [0.29, 0.717) is 12.5 Å². The fourth-order valence-electron chi connectivity index (χ4n) is 2.48. The zero-order valence-corrected chi connectivity index (χ0v) is 13.6. The number of ether oxygens (including phenoxy) is 1. The van der Waals surface area contributed by atoms with Crippen molar-refractivity contribution in [2.75, 3.05) is 6.61 Å². The summed E-state index contributed by atoms with van der Waals surface area (Å²) in [5.41, 5.74) is 3.63. The van der Waals surface area contributed by atoms with Gasteiger partial charge in [0.1, 0.15) is 5.75 Å². The molecule has 114 valence electrons. The van der Waals surface area contributed by atoms with Gasteiger partial charge in [-0.25, -0.2) is 0 Å². The third kappa shape index (κ3) is 3.84. The highest BCUT2D eigenvalue weighted by atomic mass is 16.5. The molecule has 0 aliphatic rings. The predicted molar refractivity (Wildman–Crippen MR) is 84.8 cm³/mol. The molecule has 2 rings (SSSR count). The first-order chi connectivity index (χ1) is 9.91. The Morgan fingerprint density at radius 2 is 2.05 bits per heavy atom. The molecule has 4 nitrogen and oxygen atoms in total. The summed E-state index contributed by atoms with van der Waals surface area (Å²) < 4.78 is 5.78. The number of hydrogen-bond donors (Lipinski definition) is 1. The van der Waals surface area contributed by atoms with Gasteiger partial charge in [-0.2, -0.15) is 15.4 Å². The molecule has 0 fully saturated rings. The second kappa shape index (κ2) is 6.29. The van der Waals surface area contributed by atoms with Gasteiger partial charge in [-0.1, -0.05) is 39.8 Å². The monoisotopic (exact) mass is 287 g/mol. The minimum Gasteiger partial charge on any atom is -0.494 e. The maximum absolute atomic E-state index is 5.78. The van der Waals surface area contributed by atoms with Gasteiger partial charge in [0, 0.05) is 0 Å². The van der Waals surface area contributed by atoms with Gasteiger partial charge in [-0.15, -0.1) is 0 Å². The summed E-state index contributed by atoms with van der Waals surface area (Å²) in [7, 11) is 0. The number of nitrogens with zero attached hydrogens (tertiary/aromatic N) is 2. The van der Waals surface area contributed by atoms with E-state index in [-0.39, 0.29) is 5.41 Å². The highest BCUT2D eigenvalue weighted by Crippen LogP contribution is 2.34. The lowest BCUT2D eigenvalue weighted by Gasteiger charge is -2.24. The van der Waals surface area contributed by atoms with Crippen LogP contribution < -0.4 is 4.74 Å². The van der Waals surface area contributed by atoms with E-state index in [0.717, 1.165) is 17.9 Å². The van der Waals surface area contributed by atoms with E-state index in [4.69, 9.17) is 4.74 Å². The summed E-state index contributed by atoms with van der Waals surface area (Å²) >= 11 is 0. The molecule has 1 aromatic heterocycles. The van der Waals surface area contributed by atoms with Gasteiger partial charge in [0.05, 0.1) is 18.5 Å². The fourth-order valence-corrected chi connectivity index (χ4v) is 2.48. The van der Waals surface area contributed by atoms with Crippen molar-refractivity contribution in [2.45, 2.75) is 52.4 Å². The third-order valence-electron chi connectivity index (χ3n) is 3.66. The van der Waals surface area contributed by atoms with Crippen LogP contribution >= 0.6 is 0 Å². The summed E-state index contributed by atoms with van der Waals surface area (Å²) in [4.78, 5) is 0. The second-order valence-electron chi connectivity index (χ2n) is 6.51. The molecular formula is C17H25N3O. The molecule has 0 saturated heterocycles. The molecule has 0 amide bonds. The van der Waals surface area contributed by atoms with Crippen LogP contribution in [0.2, 0.25) is 0 Å². The fraction of sp³-hybridized carbons (Fsp3) is 0.529. The van der Waals surface area contributed by atoms with E-state index in [1.165, 1.54) is 11.1 Å². The van der Waals surface area contributed by atoms with Crippen molar-refractivity contribution in [3.63, 3.8) is 0 Å². The molecule has 0 aliphatic heterocycles. The second-order valence-corrected chi connectivity index (χ2v) is 6.51. The normalized spacial score (nSPS) is 13.2. The number of aromatic amines is 1. The number of hydrogen-bond acceptors (Lipinski definition) is 3. The number of rotatable bonds is 5. The Morgan fingerprint density at radius 1 is 1.29 bits per heavy atom. The Kier molecular flexibility index (Phi) is 4.66. The van der Waals surface area contributed by atoms with E-state index < -0.39 is 0 Å². The smallest absolute Gasteiger partial charge is 0.123 e. The van der Waals surface area contributed by atoms with Crippen LogP contribution in [-0.2, 0) is 11.8 Å². The molecule has 1 atom stereocenters. The number of H-pyrrole nitrogens is 1. The van der Waals surface area contributed by atoms with Crippen molar-refractivity contribution in [2.24, 2.45) is 0 Å². The van der Waals surface area contributed by atoms with E-state index in [1.807, 2.05) is 6.92 Å². The van der Waals surface area contributed by atoms with Crippen LogP contribution in [0.3, 0.4) is 0 Å². The molecule has 1 aromatic carbocycles. The van der Waals surface area contributed by atoms with Crippen molar-refractivity contribution in [1.82, 2.24) is 15.4 Å². The van der Waals surface area contributed by atoms with Crippen LogP contribution in [0, 0.1) is 0 Å². The van der Waals surface area contributed by atoms with Gasteiger partial charge in [-0.3, -0.25) is 0 Å². The Bertz CT molecular complexity index is 570. The van der Waals surface area contributed by atoms with E-state index in [1.54, 1.807) is 6.20 Å². The van der Waals surface area contributed by atoms with Crippen LogP contribution in [0.1, 0.15) is 57.4 Å². The SMILES string of the molecule is CCOc1ccc(C(C)Cc2cn[nH]n2)cc1C(C)(C)C. The highest BCUT2D eigenvalue weighted by Gasteiger charge is 2.21. The van der Waals surface area contributed by atoms with E-state index in [9.17, 15) is 0 Å². The summed E-state index contributed by atoms with van der Waals surface area (Å²) in [6, 6.07) is 6.53. The molecule has 0 radical (unpaired) electrons. The Labute approximate surface area is 126 Å². The number of benzene rings is 1. The van der Waals surface area contributed by atoms with Gasteiger partial charge in [0.15, 0.2) is 0 Å². The molecule has 0 saturated carbocycles. The molecular weight excluding hydrogens is 262 g/mol. The number of nitrogens with one attached hydrogen (secondary N) is 1. The molecule has 0 aliphatic carbocycles. The average Bonchev–Trinajstić information content (AvgIpc) is 2.91. The quantitative estimate of drug-likeness (QED) is 0.908. The zero-order chi connectivity index (χ0) is 15.5. The van der Waals surface area contributed by atoms with Crippen molar-refractivity contribution in [3.8, 4) is 5.75 Å². The molecule has 1 N–H and O–H groups in total. The van der Waals surface area contributed by atoms with Crippen molar-refractivity contribution >= 4 is 0 Å². The lowest BCUT2D eigenvalue weighted by atomic mass is 9.83. The van der Waals surface area contributed by atoms with Crippen molar-refractivity contribution < 1.29 is 4.74 Å². The van der Waals surface area contributed by atoms with E-state index >= 15 is 0 Å². The van der Waals surface area contributed by atoms with Gasteiger partial charge in [-0.05, 0) is 41.9 Å². The van der Waals surface area contributed by atoms with Crippen LogP contribution in [0.5, 0.6) is 5.75 Å². The van der Waals surface area contributed by atoms with E-state index in [2.05, 4.69) is 61.3 Å². The predicted octanol–water partition coefficient (Wildman–Crippen LogP) is 3.85. The molecule has 0 bridgehead atoms. The van der Waals surface area contributed by atoms with Crippen LogP contribution in [-0.4, -0.2) is 22.0 Å². The minimum absolute atomic E-state index is 0.0636. The van der Waals surface area contributed by atoms with Gasteiger partial charge < -0.3 is 4.74 Å². The molecule has 1 unspecified atom stereocenters. The Balaban J connectivity index is 2.28. The summed E-state index contributed by atoms with van der Waals surface area (Å²) in [6.07, 6.45) is 2.67. The van der Waals surface area contributed by atoms with Crippen LogP contribution in [0.15, 0.2) is 24.4 Å². The first-order valence-electron chi connectivity index (χ1n) is 7.53. The third-order valence-corrected chi connectivity index (χ3v) is 3.66. The van der Waals surface area contributed by atoms with Crippen molar-refractivity contribution in [3.05, 3.63) is 41.2 Å². The molecule has 0 spiro atoms. The molecule has 2 aromatic rings. The maximum Gasteiger partial charge on any atom is 0.123 e. The molecule has 1 heterocycles. The summed E-state index contributed by atoms with van der Waals surface area (Å²) in [5, 5.41) is 10.7. The largest absolute Gasteiger partial charge is 0.494 e. The van der Waals surface area contributed by atoms with Crippen LogP contribution in [0.4, 0.5) is 0 Å². The van der Waals surface area contributed by atoms with Gasteiger partial charge >= 0.3 is 0 Å². The lowest BCUT2D eigenvalue weighted by Crippen LogP contribution is -2.14. The van der Waals surface area contributed by atoms with Crippen molar-refractivity contribution in [1.29, 1.82) is 0 Å². The standard InChI is InChI=1S/C17H25N3O/c1-6-21-16-8-7-13(10-15(16)17(3,4)5)12(2)9-14-11-18-20-19-14/h7-8,10-12H,6,9H2,1-5H3,(H,18,19,20). The molecule has 21 heavy (non-hydrogen) atoms. The number of aromatic nitrogens is 3. The lowest BCUT2D eigenvalue weighted by molar-refractivity contribution is 0.329.